The zero-order chi connectivity index (χ0) is 25.0. The summed E-state index contributed by atoms with van der Waals surface area (Å²) in [5.41, 5.74) is -0.132. The van der Waals surface area contributed by atoms with E-state index in [-0.39, 0.29) is 45.1 Å². The minimum absolute atomic E-state index is 0.0614. The summed E-state index contributed by atoms with van der Waals surface area (Å²) in [7, 11) is 0. The van der Waals surface area contributed by atoms with Crippen LogP contribution in [0.25, 0.3) is 0 Å². The van der Waals surface area contributed by atoms with Gasteiger partial charge in [0.15, 0.2) is 0 Å². The summed E-state index contributed by atoms with van der Waals surface area (Å²) in [6, 6.07) is 18.0. The second-order valence-electron chi connectivity index (χ2n) is 7.43. The third-order valence-electron chi connectivity index (χ3n) is 5.14. The monoisotopic (exact) mass is 473 g/mol. The van der Waals surface area contributed by atoms with E-state index in [1.807, 2.05) is 0 Å². The summed E-state index contributed by atoms with van der Waals surface area (Å²) in [5.74, 6) is -4.77. The Morgan fingerprint density at radius 1 is 0.943 bits per heavy atom. The highest BCUT2D eigenvalue weighted by Gasteiger charge is 2.33. The average molecular weight is 473 g/mol. The number of rotatable bonds is 6. The smallest absolute Gasteiger partial charge is 0.298 e. The van der Waals surface area contributed by atoms with Gasteiger partial charge in [-0.15, -0.1) is 0 Å². The van der Waals surface area contributed by atoms with Crippen LogP contribution in [0.2, 0.25) is 0 Å². The first-order chi connectivity index (χ1) is 16.8. The highest BCUT2D eigenvalue weighted by Crippen LogP contribution is 2.35. The molecule has 0 aliphatic rings. The van der Waals surface area contributed by atoms with Crippen LogP contribution >= 0.6 is 0 Å². The SMILES string of the molecule is N#Cc1cc(C(=O)Nc2cn[nH]c2C(=O)Nc2ccc(C(F)(F)c3ccccc3)cc2)ccc1O. The second kappa shape index (κ2) is 9.44. The second-order valence-corrected chi connectivity index (χ2v) is 7.43. The number of alkyl halides is 2. The van der Waals surface area contributed by atoms with E-state index in [1.54, 1.807) is 12.1 Å². The molecule has 8 nitrogen and oxygen atoms in total. The molecular weight excluding hydrogens is 456 g/mol. The number of benzene rings is 3. The van der Waals surface area contributed by atoms with Crippen LogP contribution in [0.3, 0.4) is 0 Å². The minimum Gasteiger partial charge on any atom is -0.507 e. The normalized spacial score (nSPS) is 10.9. The van der Waals surface area contributed by atoms with Crippen molar-refractivity contribution >= 4 is 23.2 Å². The number of nitrogens with one attached hydrogen (secondary N) is 3. The predicted octanol–water partition coefficient (Wildman–Crippen LogP) is 4.63. The fourth-order valence-electron chi connectivity index (χ4n) is 3.29. The zero-order valence-electron chi connectivity index (χ0n) is 17.9. The zero-order valence-corrected chi connectivity index (χ0v) is 17.9. The van der Waals surface area contributed by atoms with Gasteiger partial charge in [-0.1, -0.05) is 42.5 Å². The number of aromatic nitrogens is 2. The Morgan fingerprint density at radius 2 is 1.63 bits per heavy atom. The fraction of sp³-hybridized carbons (Fsp3) is 0.0400. The molecule has 174 valence electrons. The van der Waals surface area contributed by atoms with Gasteiger partial charge in [0.2, 0.25) is 0 Å². The van der Waals surface area contributed by atoms with Gasteiger partial charge in [0.05, 0.1) is 17.4 Å². The minimum atomic E-state index is -3.20. The number of halogens is 2. The molecule has 10 heteroatoms. The van der Waals surface area contributed by atoms with Crippen LogP contribution in [0.1, 0.15) is 37.5 Å². The van der Waals surface area contributed by atoms with E-state index >= 15 is 0 Å². The van der Waals surface area contributed by atoms with Crippen LogP contribution < -0.4 is 10.6 Å². The maximum absolute atomic E-state index is 14.7. The van der Waals surface area contributed by atoms with Gasteiger partial charge in [0.25, 0.3) is 17.7 Å². The van der Waals surface area contributed by atoms with E-state index in [2.05, 4.69) is 20.8 Å². The molecule has 0 unspecified atom stereocenters. The number of aromatic amines is 1. The Morgan fingerprint density at radius 3 is 2.31 bits per heavy atom. The summed E-state index contributed by atoms with van der Waals surface area (Å²) in [6.45, 7) is 0. The van der Waals surface area contributed by atoms with Crippen LogP contribution in [0, 0.1) is 11.3 Å². The van der Waals surface area contributed by atoms with Crippen molar-refractivity contribution in [1.82, 2.24) is 10.2 Å². The fourth-order valence-corrected chi connectivity index (χ4v) is 3.29. The van der Waals surface area contributed by atoms with Gasteiger partial charge < -0.3 is 15.7 Å². The largest absolute Gasteiger partial charge is 0.507 e. The van der Waals surface area contributed by atoms with Crippen molar-refractivity contribution in [3.8, 4) is 11.8 Å². The molecule has 4 aromatic rings. The Balaban J connectivity index is 1.47. The molecule has 1 aromatic heterocycles. The van der Waals surface area contributed by atoms with E-state index < -0.39 is 17.7 Å². The van der Waals surface area contributed by atoms with Gasteiger partial charge in [-0.3, -0.25) is 14.7 Å². The lowest BCUT2D eigenvalue weighted by molar-refractivity contribution is 0.0428. The van der Waals surface area contributed by atoms with Crippen molar-refractivity contribution in [2.75, 3.05) is 10.6 Å². The Hall–Kier alpha value is -5.04. The molecule has 0 fully saturated rings. The number of carbonyl (C=O) groups is 2. The third kappa shape index (κ3) is 4.84. The first-order valence-electron chi connectivity index (χ1n) is 10.2. The van der Waals surface area contributed by atoms with Crippen LogP contribution in [0.15, 0.2) is 79.0 Å². The molecule has 3 aromatic carbocycles. The van der Waals surface area contributed by atoms with Crippen LogP contribution in [-0.4, -0.2) is 27.1 Å². The highest BCUT2D eigenvalue weighted by molar-refractivity contribution is 6.11. The van der Waals surface area contributed by atoms with E-state index in [0.29, 0.717) is 0 Å². The number of nitrogens with zero attached hydrogens (tertiary/aromatic N) is 2. The molecule has 0 saturated carbocycles. The topological polar surface area (TPSA) is 131 Å². The summed E-state index contributed by atoms with van der Waals surface area (Å²) in [4.78, 5) is 25.2. The number of aromatic hydroxyl groups is 1. The number of hydrogen-bond acceptors (Lipinski definition) is 5. The Bertz CT molecular complexity index is 1430. The molecule has 0 saturated heterocycles. The molecule has 0 atom stereocenters. The number of phenols is 1. The van der Waals surface area contributed by atoms with E-state index in [1.165, 1.54) is 72.9 Å². The molecular formula is C25H17F2N5O3. The van der Waals surface area contributed by atoms with Crippen molar-refractivity contribution in [3.63, 3.8) is 0 Å². The average Bonchev–Trinajstić information content (AvgIpc) is 3.33. The lowest BCUT2D eigenvalue weighted by Gasteiger charge is -2.17. The van der Waals surface area contributed by atoms with E-state index in [9.17, 15) is 23.5 Å². The first kappa shape index (κ1) is 23.1. The first-order valence-corrected chi connectivity index (χ1v) is 10.2. The van der Waals surface area contributed by atoms with Crippen molar-refractivity contribution in [3.05, 3.63) is 107 Å². The molecule has 2 amide bonds. The summed E-state index contributed by atoms with van der Waals surface area (Å²) < 4.78 is 29.4. The molecule has 4 rings (SSSR count). The number of carbonyl (C=O) groups excluding carboxylic acids is 2. The Kier molecular flexibility index (Phi) is 6.24. The molecule has 0 spiro atoms. The Labute approximate surface area is 197 Å². The van der Waals surface area contributed by atoms with Crippen LogP contribution in [0.4, 0.5) is 20.2 Å². The van der Waals surface area contributed by atoms with E-state index in [4.69, 9.17) is 5.26 Å². The van der Waals surface area contributed by atoms with Gasteiger partial charge in [0, 0.05) is 22.4 Å². The quantitative estimate of drug-likeness (QED) is 0.324. The molecule has 1 heterocycles. The van der Waals surface area contributed by atoms with Crippen LogP contribution in [0.5, 0.6) is 5.75 Å². The molecule has 0 aliphatic carbocycles. The number of phenolic OH excluding ortho intramolecular Hbond substituents is 1. The predicted molar refractivity (Wildman–Crippen MR) is 123 cm³/mol. The molecule has 0 bridgehead atoms. The number of amides is 2. The molecule has 4 N–H and O–H groups in total. The molecule has 35 heavy (non-hydrogen) atoms. The lowest BCUT2D eigenvalue weighted by atomic mass is 10.0. The van der Waals surface area contributed by atoms with Crippen LogP contribution in [-0.2, 0) is 5.92 Å². The van der Waals surface area contributed by atoms with Crippen molar-refractivity contribution < 1.29 is 23.5 Å². The maximum Gasteiger partial charge on any atom is 0.298 e. The van der Waals surface area contributed by atoms with Gasteiger partial charge in [0.1, 0.15) is 17.5 Å². The van der Waals surface area contributed by atoms with Gasteiger partial charge in [-0.25, -0.2) is 0 Å². The summed E-state index contributed by atoms with van der Waals surface area (Å²) in [5, 5.41) is 29.9. The van der Waals surface area contributed by atoms with Crippen molar-refractivity contribution in [1.29, 1.82) is 5.26 Å². The van der Waals surface area contributed by atoms with E-state index in [0.717, 1.165) is 0 Å². The standard InChI is InChI=1S/C25H17F2N5O3/c26-25(27,17-4-2-1-3-5-17)18-7-9-19(10-8-18)30-24(35)22-20(14-29-32-22)31-23(34)15-6-11-21(33)16(12-15)13-28/h1-12,14,33H,(H,29,32)(H,30,35)(H,31,34). The number of H-pyrrole nitrogens is 1. The van der Waals surface area contributed by atoms with Crippen molar-refractivity contribution in [2.24, 2.45) is 0 Å². The van der Waals surface area contributed by atoms with Gasteiger partial charge in [-0.05, 0) is 30.3 Å². The highest BCUT2D eigenvalue weighted by atomic mass is 19.3. The van der Waals surface area contributed by atoms with Gasteiger partial charge in [-0.2, -0.15) is 19.1 Å². The number of hydrogen-bond donors (Lipinski definition) is 4. The summed E-state index contributed by atoms with van der Waals surface area (Å²) in [6.07, 6.45) is 1.22. The van der Waals surface area contributed by atoms with Crippen molar-refractivity contribution in [2.45, 2.75) is 5.92 Å². The molecule has 0 aliphatic heterocycles. The number of anilines is 2. The maximum atomic E-state index is 14.7. The summed E-state index contributed by atoms with van der Waals surface area (Å²) >= 11 is 0. The number of nitriles is 1. The lowest BCUT2D eigenvalue weighted by Crippen LogP contribution is -2.18. The van der Waals surface area contributed by atoms with Gasteiger partial charge >= 0.3 is 0 Å². The molecule has 0 radical (unpaired) electrons. The third-order valence-corrected chi connectivity index (χ3v) is 5.14.